The van der Waals surface area contributed by atoms with E-state index in [0.29, 0.717) is 18.1 Å². The van der Waals surface area contributed by atoms with Gasteiger partial charge in [0.05, 0.1) is 30.7 Å². The molecule has 1 saturated heterocycles. The molecular formula is C21H24FN5O2. The topological polar surface area (TPSA) is 66.5 Å². The molecule has 2 aromatic heterocycles. The van der Waals surface area contributed by atoms with Crippen LogP contribution in [0, 0.1) is 12.7 Å². The van der Waals surface area contributed by atoms with Crippen LogP contribution in [0.4, 0.5) is 10.2 Å². The smallest absolute Gasteiger partial charge is 0.239 e. The zero-order chi connectivity index (χ0) is 20.2. The average molecular weight is 397 g/mol. The van der Waals surface area contributed by atoms with E-state index in [1.165, 1.54) is 12.1 Å². The second-order valence-electron chi connectivity index (χ2n) is 7.24. The predicted octanol–water partition coefficient (Wildman–Crippen LogP) is 2.67. The van der Waals surface area contributed by atoms with Gasteiger partial charge < -0.3 is 9.73 Å². The van der Waals surface area contributed by atoms with Gasteiger partial charge in [0.25, 0.3) is 0 Å². The number of amides is 1. The van der Waals surface area contributed by atoms with E-state index in [4.69, 9.17) is 4.42 Å². The molecule has 29 heavy (non-hydrogen) atoms. The van der Waals surface area contributed by atoms with Gasteiger partial charge in [-0.05, 0) is 43.3 Å². The lowest BCUT2D eigenvalue weighted by Gasteiger charge is -2.33. The van der Waals surface area contributed by atoms with Gasteiger partial charge >= 0.3 is 0 Å². The number of aryl methyl sites for hydroxylation is 1. The highest BCUT2D eigenvalue weighted by molar-refractivity contribution is 5.91. The third kappa shape index (κ3) is 4.90. The van der Waals surface area contributed by atoms with Gasteiger partial charge in [-0.2, -0.15) is 5.10 Å². The largest absolute Gasteiger partial charge is 0.468 e. The van der Waals surface area contributed by atoms with Crippen molar-refractivity contribution in [2.24, 2.45) is 0 Å². The Morgan fingerprint density at radius 2 is 1.86 bits per heavy atom. The summed E-state index contributed by atoms with van der Waals surface area (Å²) in [5.41, 5.74) is 1.47. The van der Waals surface area contributed by atoms with Crippen molar-refractivity contribution in [3.05, 3.63) is 66.0 Å². The second kappa shape index (κ2) is 8.59. The Hall–Kier alpha value is -2.97. The number of nitrogens with one attached hydrogen (secondary N) is 1. The van der Waals surface area contributed by atoms with Crippen LogP contribution in [-0.2, 0) is 11.3 Å². The third-order valence-corrected chi connectivity index (χ3v) is 4.96. The fourth-order valence-corrected chi connectivity index (χ4v) is 3.48. The highest BCUT2D eigenvalue weighted by atomic mass is 19.1. The Balaban J connectivity index is 1.32. The van der Waals surface area contributed by atoms with Gasteiger partial charge in [0, 0.05) is 32.2 Å². The summed E-state index contributed by atoms with van der Waals surface area (Å²) in [5.74, 6) is 1.14. The molecule has 1 N–H and O–H groups in total. The number of furan rings is 1. The van der Waals surface area contributed by atoms with E-state index in [1.807, 2.05) is 25.1 Å². The first-order valence-corrected chi connectivity index (χ1v) is 9.66. The highest BCUT2D eigenvalue weighted by Gasteiger charge is 2.20. The van der Waals surface area contributed by atoms with Crippen molar-refractivity contribution in [1.29, 1.82) is 0 Å². The Morgan fingerprint density at radius 1 is 1.14 bits per heavy atom. The van der Waals surface area contributed by atoms with E-state index in [-0.39, 0.29) is 11.7 Å². The quantitative estimate of drug-likeness (QED) is 0.693. The molecule has 1 aliphatic heterocycles. The molecule has 3 heterocycles. The second-order valence-corrected chi connectivity index (χ2v) is 7.24. The molecule has 152 valence electrons. The van der Waals surface area contributed by atoms with Crippen molar-refractivity contribution >= 4 is 11.7 Å². The number of rotatable bonds is 6. The summed E-state index contributed by atoms with van der Waals surface area (Å²) in [6.45, 7) is 6.40. The van der Waals surface area contributed by atoms with Gasteiger partial charge in [0.1, 0.15) is 17.4 Å². The molecule has 0 radical (unpaired) electrons. The van der Waals surface area contributed by atoms with Crippen molar-refractivity contribution in [3.63, 3.8) is 0 Å². The monoisotopic (exact) mass is 397 g/mol. The number of benzene rings is 1. The van der Waals surface area contributed by atoms with Gasteiger partial charge in [-0.25, -0.2) is 9.07 Å². The van der Waals surface area contributed by atoms with Gasteiger partial charge in [0.2, 0.25) is 5.91 Å². The maximum Gasteiger partial charge on any atom is 0.239 e. The summed E-state index contributed by atoms with van der Waals surface area (Å²) in [5, 5.41) is 7.34. The van der Waals surface area contributed by atoms with Crippen LogP contribution in [0.1, 0.15) is 11.5 Å². The first-order valence-electron chi connectivity index (χ1n) is 9.66. The SMILES string of the molecule is Cc1cc(NC(=O)CN2CCN(Cc3ccco3)CC2)n(-c2ccc(F)cc2)n1. The van der Waals surface area contributed by atoms with Gasteiger partial charge in [-0.1, -0.05) is 0 Å². The molecule has 0 bridgehead atoms. The van der Waals surface area contributed by atoms with E-state index in [9.17, 15) is 9.18 Å². The van der Waals surface area contributed by atoms with E-state index < -0.39 is 0 Å². The van der Waals surface area contributed by atoms with Gasteiger partial charge in [-0.15, -0.1) is 0 Å². The molecule has 0 unspecified atom stereocenters. The van der Waals surface area contributed by atoms with Crippen molar-refractivity contribution < 1.29 is 13.6 Å². The number of carbonyl (C=O) groups excluding carboxylic acids is 1. The minimum atomic E-state index is -0.311. The zero-order valence-electron chi connectivity index (χ0n) is 16.3. The van der Waals surface area contributed by atoms with E-state index in [0.717, 1.165) is 44.2 Å². The van der Waals surface area contributed by atoms with Crippen molar-refractivity contribution in [2.45, 2.75) is 13.5 Å². The lowest BCUT2D eigenvalue weighted by Crippen LogP contribution is -2.48. The fraction of sp³-hybridized carbons (Fsp3) is 0.333. The normalized spacial score (nSPS) is 15.5. The maximum absolute atomic E-state index is 13.2. The summed E-state index contributed by atoms with van der Waals surface area (Å²) in [6.07, 6.45) is 1.69. The summed E-state index contributed by atoms with van der Waals surface area (Å²) in [7, 11) is 0. The third-order valence-electron chi connectivity index (χ3n) is 4.96. The molecule has 0 saturated carbocycles. The number of nitrogens with zero attached hydrogens (tertiary/aromatic N) is 4. The average Bonchev–Trinajstić information content (AvgIpc) is 3.33. The van der Waals surface area contributed by atoms with E-state index in [1.54, 1.807) is 23.1 Å². The predicted molar refractivity (Wildman–Crippen MR) is 107 cm³/mol. The van der Waals surface area contributed by atoms with Crippen molar-refractivity contribution in [1.82, 2.24) is 19.6 Å². The van der Waals surface area contributed by atoms with Crippen molar-refractivity contribution in [2.75, 3.05) is 38.0 Å². The van der Waals surface area contributed by atoms with Gasteiger partial charge in [-0.3, -0.25) is 14.6 Å². The van der Waals surface area contributed by atoms with E-state index >= 15 is 0 Å². The van der Waals surface area contributed by atoms with Crippen LogP contribution in [0.3, 0.4) is 0 Å². The number of carbonyl (C=O) groups is 1. The number of piperazine rings is 1. The van der Waals surface area contributed by atoms with Crippen LogP contribution >= 0.6 is 0 Å². The first-order chi connectivity index (χ1) is 14.1. The lowest BCUT2D eigenvalue weighted by molar-refractivity contribution is -0.117. The van der Waals surface area contributed by atoms with Crippen LogP contribution in [0.25, 0.3) is 5.69 Å². The number of halogens is 1. The molecule has 1 fully saturated rings. The van der Waals surface area contributed by atoms with Crippen LogP contribution in [0.5, 0.6) is 0 Å². The minimum absolute atomic E-state index is 0.0900. The Bertz CT molecular complexity index is 944. The van der Waals surface area contributed by atoms with Crippen LogP contribution in [0.2, 0.25) is 0 Å². The molecule has 0 atom stereocenters. The molecule has 7 nitrogen and oxygen atoms in total. The highest BCUT2D eigenvalue weighted by Crippen LogP contribution is 2.18. The number of hydrogen-bond acceptors (Lipinski definition) is 5. The lowest BCUT2D eigenvalue weighted by atomic mass is 10.3. The number of aromatic nitrogens is 2. The molecule has 4 rings (SSSR count). The molecule has 8 heteroatoms. The maximum atomic E-state index is 13.2. The Kier molecular flexibility index (Phi) is 5.73. The molecular weight excluding hydrogens is 373 g/mol. The molecule has 3 aromatic rings. The molecule has 1 amide bonds. The summed E-state index contributed by atoms with van der Waals surface area (Å²) >= 11 is 0. The van der Waals surface area contributed by atoms with Crippen LogP contribution < -0.4 is 5.32 Å². The molecule has 1 aromatic carbocycles. The molecule has 1 aliphatic rings. The molecule has 0 spiro atoms. The fourth-order valence-electron chi connectivity index (χ4n) is 3.48. The van der Waals surface area contributed by atoms with E-state index in [2.05, 4.69) is 20.2 Å². The number of hydrogen-bond donors (Lipinski definition) is 1. The Labute approximate surface area is 168 Å². The van der Waals surface area contributed by atoms with Crippen LogP contribution in [0.15, 0.2) is 53.1 Å². The van der Waals surface area contributed by atoms with Crippen LogP contribution in [-0.4, -0.2) is 58.2 Å². The summed E-state index contributed by atoms with van der Waals surface area (Å²) < 4.78 is 20.2. The Morgan fingerprint density at radius 3 is 2.55 bits per heavy atom. The van der Waals surface area contributed by atoms with Crippen molar-refractivity contribution in [3.8, 4) is 5.69 Å². The molecule has 0 aliphatic carbocycles. The number of anilines is 1. The summed E-state index contributed by atoms with van der Waals surface area (Å²) in [4.78, 5) is 17.0. The van der Waals surface area contributed by atoms with Gasteiger partial charge in [0.15, 0.2) is 0 Å². The summed E-state index contributed by atoms with van der Waals surface area (Å²) in [6, 6.07) is 11.7. The zero-order valence-corrected chi connectivity index (χ0v) is 16.3. The minimum Gasteiger partial charge on any atom is -0.468 e. The standard InChI is InChI=1S/C21H24FN5O2/c1-16-13-20(27(24-16)18-6-4-17(22)5-7-18)23-21(28)15-26-10-8-25(9-11-26)14-19-3-2-12-29-19/h2-7,12-13H,8-11,14-15H2,1H3,(H,23,28). The first kappa shape index (κ1) is 19.4.